The van der Waals surface area contributed by atoms with E-state index in [0.29, 0.717) is 11.1 Å². The third kappa shape index (κ3) is 4.08. The highest BCUT2D eigenvalue weighted by molar-refractivity contribution is 7.86. The Morgan fingerprint density at radius 2 is 1.09 bits per heavy atom. The van der Waals surface area contributed by atoms with Crippen LogP contribution in [0.5, 0.6) is 11.5 Å². The Labute approximate surface area is 134 Å². The maximum Gasteiger partial charge on any atom is 0.298 e. The summed E-state index contributed by atoms with van der Waals surface area (Å²) in [5.41, 5.74) is 1.27. The van der Waals surface area contributed by atoms with E-state index < -0.39 is 30.0 Å². The summed E-state index contributed by atoms with van der Waals surface area (Å²) in [6.07, 6.45) is 0. The van der Waals surface area contributed by atoms with Crippen molar-refractivity contribution in [1.82, 2.24) is 0 Å². The Balaban J connectivity index is 2.65. The van der Waals surface area contributed by atoms with Gasteiger partial charge in [0.1, 0.15) is 21.3 Å². The van der Waals surface area contributed by atoms with Crippen LogP contribution < -0.4 is 4.74 Å². The largest absolute Gasteiger partial charge is 0.454 e. The first-order chi connectivity index (χ1) is 10.5. The van der Waals surface area contributed by atoms with Gasteiger partial charge in [0.2, 0.25) is 0 Å². The molecule has 0 bridgehead atoms. The maximum absolute atomic E-state index is 11.4. The molecule has 0 saturated heterocycles. The number of rotatable bonds is 4. The van der Waals surface area contributed by atoms with Crippen LogP contribution in [0, 0.1) is 13.8 Å². The lowest BCUT2D eigenvalue weighted by molar-refractivity contribution is 0.433. The summed E-state index contributed by atoms with van der Waals surface area (Å²) in [5, 5.41) is 0. The van der Waals surface area contributed by atoms with Crippen molar-refractivity contribution in [3.8, 4) is 11.5 Å². The van der Waals surface area contributed by atoms with Crippen molar-refractivity contribution in [3.05, 3.63) is 47.5 Å². The predicted molar refractivity (Wildman–Crippen MR) is 82.1 cm³/mol. The lowest BCUT2D eigenvalue weighted by Crippen LogP contribution is -2.04. The van der Waals surface area contributed by atoms with Gasteiger partial charge in [0.05, 0.1) is 0 Å². The summed E-state index contributed by atoms with van der Waals surface area (Å²) in [6.45, 7) is 3.33. The highest BCUT2D eigenvalue weighted by Crippen LogP contribution is 2.34. The zero-order chi connectivity index (χ0) is 17.4. The molecule has 2 aromatic rings. The number of hydrogen-bond donors (Lipinski definition) is 2. The molecular weight excluding hydrogens is 344 g/mol. The van der Waals surface area contributed by atoms with Crippen LogP contribution in [0.2, 0.25) is 0 Å². The molecule has 0 atom stereocenters. The van der Waals surface area contributed by atoms with E-state index >= 15 is 0 Å². The molecule has 2 aromatic carbocycles. The van der Waals surface area contributed by atoms with Crippen molar-refractivity contribution in [2.24, 2.45) is 0 Å². The van der Waals surface area contributed by atoms with Gasteiger partial charge in [0.15, 0.2) is 0 Å². The first-order valence-electron chi connectivity index (χ1n) is 6.32. The standard InChI is InChI=1S/C14H14O7S2/c1-9-3-5-13(22(15,16)17)11(7-9)21-12-8-10(2)4-6-14(12)23(18,19)20/h3-8H,1-2H3,(H,15,16,17)(H,18,19,20). The lowest BCUT2D eigenvalue weighted by atomic mass is 10.2. The van der Waals surface area contributed by atoms with E-state index in [1.54, 1.807) is 13.8 Å². The van der Waals surface area contributed by atoms with E-state index in [0.717, 1.165) is 12.1 Å². The molecule has 0 aliphatic carbocycles. The summed E-state index contributed by atoms with van der Waals surface area (Å²) in [4.78, 5) is -1.02. The van der Waals surface area contributed by atoms with Gasteiger partial charge in [0.25, 0.3) is 20.2 Å². The molecule has 7 nitrogen and oxygen atoms in total. The highest BCUT2D eigenvalue weighted by Gasteiger charge is 2.21. The Morgan fingerprint density at radius 3 is 1.39 bits per heavy atom. The molecule has 9 heteroatoms. The van der Waals surface area contributed by atoms with Gasteiger partial charge in [-0.3, -0.25) is 9.11 Å². The summed E-state index contributed by atoms with van der Waals surface area (Å²) in [7, 11) is -9.13. The molecule has 0 aliphatic heterocycles. The molecule has 0 fully saturated rings. The van der Waals surface area contributed by atoms with Crippen molar-refractivity contribution in [2.75, 3.05) is 0 Å². The monoisotopic (exact) mass is 358 g/mol. The third-order valence-electron chi connectivity index (χ3n) is 2.97. The van der Waals surface area contributed by atoms with Gasteiger partial charge in [-0.2, -0.15) is 16.8 Å². The molecule has 2 N–H and O–H groups in total. The SMILES string of the molecule is Cc1ccc(S(=O)(=O)O)c(Oc2cc(C)ccc2S(=O)(=O)O)c1. The molecule has 0 spiro atoms. The van der Waals surface area contributed by atoms with Gasteiger partial charge in [-0.1, -0.05) is 12.1 Å². The molecule has 0 unspecified atom stereocenters. The molecule has 0 radical (unpaired) electrons. The molecule has 0 aliphatic rings. The van der Waals surface area contributed by atoms with E-state index in [2.05, 4.69) is 0 Å². The first kappa shape index (κ1) is 17.4. The smallest absolute Gasteiger partial charge is 0.298 e. The average molecular weight is 358 g/mol. The second kappa shape index (κ2) is 5.93. The van der Waals surface area contributed by atoms with Crippen molar-refractivity contribution in [1.29, 1.82) is 0 Å². The molecule has 0 saturated carbocycles. The van der Waals surface area contributed by atoms with Crippen molar-refractivity contribution >= 4 is 20.2 Å². The Morgan fingerprint density at radius 1 is 0.739 bits per heavy atom. The van der Waals surface area contributed by atoms with Crippen molar-refractivity contribution in [2.45, 2.75) is 23.6 Å². The Hall–Kier alpha value is -1.94. The van der Waals surface area contributed by atoms with Crippen molar-refractivity contribution < 1.29 is 30.7 Å². The molecule has 0 amide bonds. The second-order valence-corrected chi connectivity index (χ2v) is 7.73. The van der Waals surface area contributed by atoms with E-state index in [9.17, 15) is 25.9 Å². The van der Waals surface area contributed by atoms with E-state index in [-0.39, 0.29) is 11.5 Å². The van der Waals surface area contributed by atoms with E-state index in [4.69, 9.17) is 4.74 Å². The average Bonchev–Trinajstić information content (AvgIpc) is 2.35. The fraction of sp³-hybridized carbons (Fsp3) is 0.143. The van der Waals surface area contributed by atoms with Gasteiger partial charge in [-0.25, -0.2) is 0 Å². The first-order valence-corrected chi connectivity index (χ1v) is 9.20. The zero-order valence-corrected chi connectivity index (χ0v) is 13.8. The quantitative estimate of drug-likeness (QED) is 0.806. The summed E-state index contributed by atoms with van der Waals surface area (Å²) in [6, 6.07) is 7.86. The van der Waals surface area contributed by atoms with Crippen LogP contribution in [0.1, 0.15) is 11.1 Å². The highest BCUT2D eigenvalue weighted by atomic mass is 32.2. The predicted octanol–water partition coefficient (Wildman–Crippen LogP) is 2.59. The van der Waals surface area contributed by atoms with Gasteiger partial charge in [-0.15, -0.1) is 0 Å². The fourth-order valence-corrected chi connectivity index (χ4v) is 3.12. The molecular formula is C14H14O7S2. The normalized spacial score (nSPS) is 12.2. The number of benzene rings is 2. The van der Waals surface area contributed by atoms with Crippen LogP contribution in [0.3, 0.4) is 0 Å². The van der Waals surface area contributed by atoms with Crippen LogP contribution in [0.4, 0.5) is 0 Å². The van der Waals surface area contributed by atoms with Gasteiger partial charge >= 0.3 is 0 Å². The summed E-state index contributed by atoms with van der Waals surface area (Å²) in [5.74, 6) is -0.494. The molecule has 124 valence electrons. The van der Waals surface area contributed by atoms with Crippen molar-refractivity contribution in [3.63, 3.8) is 0 Å². The minimum absolute atomic E-state index is 0.247. The van der Waals surface area contributed by atoms with Gasteiger partial charge < -0.3 is 4.74 Å². The van der Waals surface area contributed by atoms with Crippen LogP contribution >= 0.6 is 0 Å². The van der Waals surface area contributed by atoms with Gasteiger partial charge in [-0.05, 0) is 49.2 Å². The minimum Gasteiger partial charge on any atom is -0.454 e. The van der Waals surface area contributed by atoms with E-state index in [1.807, 2.05) is 0 Å². The number of hydrogen-bond acceptors (Lipinski definition) is 5. The lowest BCUT2D eigenvalue weighted by Gasteiger charge is -2.13. The third-order valence-corrected chi connectivity index (χ3v) is 4.76. The fourth-order valence-electron chi connectivity index (χ4n) is 1.93. The minimum atomic E-state index is -4.57. The van der Waals surface area contributed by atoms with Crippen LogP contribution in [0.25, 0.3) is 0 Å². The Bertz CT molecular complexity index is 881. The van der Waals surface area contributed by atoms with Crippen LogP contribution in [-0.4, -0.2) is 25.9 Å². The number of aryl methyl sites for hydroxylation is 2. The van der Waals surface area contributed by atoms with E-state index in [1.165, 1.54) is 24.3 Å². The topological polar surface area (TPSA) is 118 Å². The van der Waals surface area contributed by atoms with Crippen LogP contribution in [-0.2, 0) is 20.2 Å². The summed E-state index contributed by atoms with van der Waals surface area (Å²) >= 11 is 0. The number of ether oxygens (including phenoxy) is 1. The second-order valence-electron chi connectivity index (χ2n) is 4.95. The molecule has 23 heavy (non-hydrogen) atoms. The molecule has 0 aromatic heterocycles. The van der Waals surface area contributed by atoms with Gasteiger partial charge in [0, 0.05) is 0 Å². The zero-order valence-electron chi connectivity index (χ0n) is 12.2. The maximum atomic E-state index is 11.4. The molecule has 2 rings (SSSR count). The molecule has 0 heterocycles. The summed E-state index contributed by atoms with van der Waals surface area (Å²) < 4.78 is 69.5. The Kier molecular flexibility index (Phi) is 4.49. The van der Waals surface area contributed by atoms with Crippen LogP contribution in [0.15, 0.2) is 46.2 Å².